The number of ether oxygens (including phenoxy) is 2. The third kappa shape index (κ3) is 4.35. The standard InChI is InChI=1S/C20H21NO5S2/c1-25-16-8-4-14(5-9-16)18-19(15-6-10-17(26-2)11-7-15)27-20(21-18)28(23,24)13-3-12-22/h4-11,22H,3,12-13H2,1-2H3. The summed E-state index contributed by atoms with van der Waals surface area (Å²) >= 11 is 1.14. The smallest absolute Gasteiger partial charge is 0.210 e. The van der Waals surface area contributed by atoms with E-state index in [9.17, 15) is 8.42 Å². The SMILES string of the molecule is COc1ccc(-c2nc(S(=O)(=O)CCCO)sc2-c2ccc(OC)cc2)cc1. The molecule has 28 heavy (non-hydrogen) atoms. The molecule has 3 aromatic rings. The van der Waals surface area contributed by atoms with E-state index >= 15 is 0 Å². The average Bonchev–Trinajstić information content (AvgIpc) is 3.19. The second-order valence-electron chi connectivity index (χ2n) is 6.01. The lowest BCUT2D eigenvalue weighted by atomic mass is 10.1. The third-order valence-electron chi connectivity index (χ3n) is 4.16. The van der Waals surface area contributed by atoms with Crippen LogP contribution in [0.4, 0.5) is 0 Å². The van der Waals surface area contributed by atoms with Gasteiger partial charge in [0, 0.05) is 12.2 Å². The molecule has 0 aliphatic heterocycles. The van der Waals surface area contributed by atoms with E-state index in [-0.39, 0.29) is 23.1 Å². The minimum absolute atomic E-state index is 0.0533. The van der Waals surface area contributed by atoms with Crippen molar-refractivity contribution in [2.24, 2.45) is 0 Å². The summed E-state index contributed by atoms with van der Waals surface area (Å²) in [5.41, 5.74) is 2.25. The van der Waals surface area contributed by atoms with Gasteiger partial charge in [-0.3, -0.25) is 0 Å². The predicted octanol–water partition coefficient (Wildman–Crippen LogP) is 3.65. The first-order valence-corrected chi connectivity index (χ1v) is 11.1. The molecule has 0 saturated carbocycles. The largest absolute Gasteiger partial charge is 0.497 e. The highest BCUT2D eigenvalue weighted by Crippen LogP contribution is 2.39. The zero-order valence-corrected chi connectivity index (χ0v) is 17.2. The van der Waals surface area contributed by atoms with E-state index in [1.165, 1.54) is 0 Å². The van der Waals surface area contributed by atoms with Gasteiger partial charge < -0.3 is 14.6 Å². The summed E-state index contributed by atoms with van der Waals surface area (Å²) in [5, 5.41) is 8.99. The molecule has 6 nitrogen and oxygen atoms in total. The van der Waals surface area contributed by atoms with E-state index in [4.69, 9.17) is 14.6 Å². The van der Waals surface area contributed by atoms with E-state index < -0.39 is 9.84 Å². The maximum atomic E-state index is 12.6. The molecule has 0 aliphatic rings. The van der Waals surface area contributed by atoms with E-state index in [2.05, 4.69) is 4.98 Å². The zero-order chi connectivity index (χ0) is 20.1. The van der Waals surface area contributed by atoms with E-state index in [1.807, 2.05) is 48.5 Å². The van der Waals surface area contributed by atoms with Crippen LogP contribution in [0.15, 0.2) is 52.9 Å². The highest BCUT2D eigenvalue weighted by molar-refractivity contribution is 7.93. The maximum absolute atomic E-state index is 12.6. The molecule has 0 fully saturated rings. The first kappa shape index (κ1) is 20.3. The fourth-order valence-electron chi connectivity index (χ4n) is 2.66. The van der Waals surface area contributed by atoms with Crippen LogP contribution < -0.4 is 9.47 Å². The molecule has 0 radical (unpaired) electrons. The fourth-order valence-corrected chi connectivity index (χ4v) is 5.41. The summed E-state index contributed by atoms with van der Waals surface area (Å²) < 4.78 is 35.7. The number of sulfone groups is 1. The number of aliphatic hydroxyl groups excluding tert-OH is 1. The van der Waals surface area contributed by atoms with Crippen molar-refractivity contribution in [3.05, 3.63) is 48.5 Å². The number of hydrogen-bond donors (Lipinski definition) is 1. The first-order valence-electron chi connectivity index (χ1n) is 8.62. The van der Waals surface area contributed by atoms with Crippen LogP contribution in [0.25, 0.3) is 21.7 Å². The second-order valence-corrected chi connectivity index (χ2v) is 9.29. The van der Waals surface area contributed by atoms with Gasteiger partial charge in [-0.05, 0) is 60.5 Å². The van der Waals surface area contributed by atoms with Crippen LogP contribution in [-0.4, -0.2) is 45.1 Å². The van der Waals surface area contributed by atoms with Gasteiger partial charge in [-0.1, -0.05) is 0 Å². The molecule has 148 valence electrons. The normalized spacial score (nSPS) is 11.4. The van der Waals surface area contributed by atoms with Crippen LogP contribution >= 0.6 is 11.3 Å². The Bertz CT molecular complexity index is 960. The Hall–Kier alpha value is -2.42. The molecular weight excluding hydrogens is 398 g/mol. The molecule has 0 atom stereocenters. The van der Waals surface area contributed by atoms with Crippen LogP contribution in [0.1, 0.15) is 6.42 Å². The lowest BCUT2D eigenvalue weighted by molar-refractivity contribution is 0.295. The highest BCUT2D eigenvalue weighted by atomic mass is 32.2. The highest BCUT2D eigenvalue weighted by Gasteiger charge is 2.23. The van der Waals surface area contributed by atoms with Crippen LogP contribution in [0.5, 0.6) is 11.5 Å². The Balaban J connectivity index is 2.11. The second kappa shape index (κ2) is 8.72. The number of benzene rings is 2. The number of rotatable bonds is 8. The van der Waals surface area contributed by atoms with Gasteiger partial charge in [0.15, 0.2) is 0 Å². The first-order chi connectivity index (χ1) is 13.5. The van der Waals surface area contributed by atoms with Crippen molar-refractivity contribution in [2.45, 2.75) is 10.8 Å². The Morgan fingerprint density at radius 1 is 0.929 bits per heavy atom. The topological polar surface area (TPSA) is 85.7 Å². The molecule has 0 unspecified atom stereocenters. The van der Waals surface area contributed by atoms with Crippen molar-refractivity contribution in [3.8, 4) is 33.2 Å². The zero-order valence-electron chi connectivity index (χ0n) is 15.6. The number of aliphatic hydroxyl groups is 1. The quantitative estimate of drug-likeness (QED) is 0.600. The number of nitrogens with zero attached hydrogens (tertiary/aromatic N) is 1. The van der Waals surface area contributed by atoms with Gasteiger partial charge in [-0.2, -0.15) is 0 Å². The number of aromatic nitrogens is 1. The molecule has 0 aliphatic carbocycles. The monoisotopic (exact) mass is 419 g/mol. The molecule has 0 saturated heterocycles. The third-order valence-corrected chi connectivity index (χ3v) is 7.52. The van der Waals surface area contributed by atoms with E-state index in [1.54, 1.807) is 14.2 Å². The van der Waals surface area contributed by atoms with Crippen molar-refractivity contribution in [3.63, 3.8) is 0 Å². The van der Waals surface area contributed by atoms with Gasteiger partial charge in [-0.15, -0.1) is 11.3 Å². The Morgan fingerprint density at radius 3 is 1.96 bits per heavy atom. The molecule has 0 amide bonds. The summed E-state index contributed by atoms with van der Waals surface area (Å²) in [6.45, 7) is -0.179. The van der Waals surface area contributed by atoms with Crippen molar-refractivity contribution >= 4 is 21.2 Å². The van der Waals surface area contributed by atoms with Crippen LogP contribution in [0.2, 0.25) is 0 Å². The summed E-state index contributed by atoms with van der Waals surface area (Å²) in [6.07, 6.45) is 0.178. The minimum atomic E-state index is -3.57. The van der Waals surface area contributed by atoms with Crippen molar-refractivity contribution in [2.75, 3.05) is 26.6 Å². The van der Waals surface area contributed by atoms with E-state index in [0.29, 0.717) is 11.4 Å². The number of thiazole rings is 1. The Labute approximate surface area is 168 Å². The van der Waals surface area contributed by atoms with Gasteiger partial charge >= 0.3 is 0 Å². The molecule has 0 bridgehead atoms. The molecule has 8 heteroatoms. The van der Waals surface area contributed by atoms with Crippen LogP contribution in [0.3, 0.4) is 0 Å². The van der Waals surface area contributed by atoms with Gasteiger partial charge in [0.2, 0.25) is 14.2 Å². The minimum Gasteiger partial charge on any atom is -0.497 e. The predicted molar refractivity (Wildman–Crippen MR) is 110 cm³/mol. The summed E-state index contributed by atoms with van der Waals surface area (Å²) in [7, 11) is -0.384. The molecule has 1 aromatic heterocycles. The average molecular weight is 420 g/mol. The van der Waals surface area contributed by atoms with Crippen LogP contribution in [0, 0.1) is 0 Å². The van der Waals surface area contributed by atoms with Gasteiger partial charge in [0.05, 0.1) is 30.5 Å². The molecule has 0 spiro atoms. The maximum Gasteiger partial charge on any atom is 0.210 e. The lowest BCUT2D eigenvalue weighted by Crippen LogP contribution is -2.07. The summed E-state index contributed by atoms with van der Waals surface area (Å²) in [5.74, 6) is 1.29. The van der Waals surface area contributed by atoms with Gasteiger partial charge in [0.1, 0.15) is 11.5 Å². The Morgan fingerprint density at radius 2 is 1.46 bits per heavy atom. The van der Waals surface area contributed by atoms with Gasteiger partial charge in [0.25, 0.3) is 0 Å². The summed E-state index contributed by atoms with van der Waals surface area (Å²) in [4.78, 5) is 5.22. The van der Waals surface area contributed by atoms with Gasteiger partial charge in [-0.25, -0.2) is 13.4 Å². The Kier molecular flexibility index (Phi) is 6.33. The van der Waals surface area contributed by atoms with Crippen LogP contribution in [-0.2, 0) is 9.84 Å². The lowest BCUT2D eigenvalue weighted by Gasteiger charge is -2.05. The number of methoxy groups -OCH3 is 2. The van der Waals surface area contributed by atoms with Crippen molar-refractivity contribution < 1.29 is 23.0 Å². The molecule has 3 rings (SSSR count). The fraction of sp³-hybridized carbons (Fsp3) is 0.250. The van der Waals surface area contributed by atoms with Crippen molar-refractivity contribution in [1.29, 1.82) is 0 Å². The molecular formula is C20H21NO5S2. The molecule has 1 heterocycles. The number of hydrogen-bond acceptors (Lipinski definition) is 7. The summed E-state index contributed by atoms with van der Waals surface area (Å²) in [6, 6.07) is 14.7. The van der Waals surface area contributed by atoms with E-state index in [0.717, 1.165) is 33.1 Å². The molecule has 1 N–H and O–H groups in total. The van der Waals surface area contributed by atoms with Crippen molar-refractivity contribution in [1.82, 2.24) is 4.98 Å². The molecule has 2 aromatic carbocycles.